The molecule has 0 radical (unpaired) electrons. The first-order chi connectivity index (χ1) is 21.2. The molecule has 1 amide bonds. The van der Waals surface area contributed by atoms with E-state index < -0.39 is 41.1 Å². The molecule has 1 aromatic heterocycles. The number of hydrogen-bond acceptors (Lipinski definition) is 7. The smallest absolute Gasteiger partial charge is 0.390 e. The summed E-state index contributed by atoms with van der Waals surface area (Å²) in [7, 11) is -4.28. The summed E-state index contributed by atoms with van der Waals surface area (Å²) >= 11 is 0. The van der Waals surface area contributed by atoms with Crippen molar-refractivity contribution in [3.63, 3.8) is 0 Å². The van der Waals surface area contributed by atoms with E-state index in [9.17, 15) is 26.4 Å². The number of anilines is 1. The maximum atomic E-state index is 14.2. The Kier molecular flexibility index (Phi) is 10.7. The van der Waals surface area contributed by atoms with Gasteiger partial charge in [0.15, 0.2) is 0 Å². The molecule has 0 fully saturated rings. The topological polar surface area (TPSA) is 105 Å². The lowest BCUT2D eigenvalue weighted by Crippen LogP contribution is -2.55. The zero-order chi connectivity index (χ0) is 32.9. The molecule has 2 aromatic carbocycles. The van der Waals surface area contributed by atoms with Gasteiger partial charge in [-0.15, -0.1) is 0 Å². The van der Waals surface area contributed by atoms with E-state index in [4.69, 9.17) is 4.74 Å². The molecule has 4 bridgehead atoms. The zero-order valence-electron chi connectivity index (χ0n) is 26.2. The van der Waals surface area contributed by atoms with E-state index in [1.807, 2.05) is 52.8 Å². The normalized spacial score (nSPS) is 16.9. The maximum Gasteiger partial charge on any atom is 0.390 e. The molecule has 0 unspecified atom stereocenters. The fraction of sp³-hybridized carbons (Fsp3) is 0.469. The van der Waals surface area contributed by atoms with Crippen LogP contribution >= 0.6 is 0 Å². The summed E-state index contributed by atoms with van der Waals surface area (Å²) < 4.78 is 76.2. The minimum atomic E-state index is -4.44. The number of aromatic nitrogens is 2. The molecule has 9 nitrogen and oxygen atoms in total. The summed E-state index contributed by atoms with van der Waals surface area (Å²) in [4.78, 5) is 22.9. The quantitative estimate of drug-likeness (QED) is 0.273. The van der Waals surface area contributed by atoms with Crippen LogP contribution in [-0.2, 0) is 10.0 Å². The van der Waals surface area contributed by atoms with Gasteiger partial charge in [-0.3, -0.25) is 9.80 Å². The largest absolute Gasteiger partial charge is 0.475 e. The summed E-state index contributed by atoms with van der Waals surface area (Å²) in [5.41, 5.74) is 3.04. The Hall–Kier alpha value is -3.71. The number of hydrazine groups is 1. The molecule has 0 saturated heterocycles. The van der Waals surface area contributed by atoms with Crippen molar-refractivity contribution in [1.29, 1.82) is 0 Å². The first-order valence-corrected chi connectivity index (χ1v) is 16.5. The number of fused-ring (bicyclic) bond motifs is 4. The average Bonchev–Trinajstić information content (AvgIpc) is 2.95. The number of carbonyl (C=O) groups excluding carboxylic acids is 1. The van der Waals surface area contributed by atoms with Crippen LogP contribution in [0, 0.1) is 19.8 Å². The summed E-state index contributed by atoms with van der Waals surface area (Å²) in [6.07, 6.45) is -3.92. The van der Waals surface area contributed by atoms with Crippen LogP contribution in [0.2, 0.25) is 0 Å². The number of ether oxygens (including phenoxy) is 1. The Morgan fingerprint density at radius 2 is 1.76 bits per heavy atom. The highest BCUT2D eigenvalue weighted by molar-refractivity contribution is 7.92. The van der Waals surface area contributed by atoms with Crippen molar-refractivity contribution in [2.24, 2.45) is 5.92 Å². The van der Waals surface area contributed by atoms with Crippen molar-refractivity contribution in [3.05, 3.63) is 65.2 Å². The number of nitrogens with zero attached hydrogens (tertiary/aromatic N) is 4. The van der Waals surface area contributed by atoms with Crippen molar-refractivity contribution in [1.82, 2.24) is 20.0 Å². The van der Waals surface area contributed by atoms with E-state index in [0.29, 0.717) is 25.0 Å². The standard InChI is InChI=1S/C32H40F3N5O4S/c1-6-7-15-39(16-14-32(33,34)35)40-25(17-21(2)3)20-44-28-19-27(29-22(4)10-8-11-23(29)5)36-31(37-28)38-45(42,43)26-13-9-12-24(18-26)30(40)41/h8-13,18-19,21,25H,6-7,14-17,20H2,1-5H3,(H,36,37,38)/t25-/m1/s1. The van der Waals surface area contributed by atoms with Crippen LogP contribution in [0.4, 0.5) is 19.1 Å². The molecule has 0 aliphatic carbocycles. The predicted molar refractivity (Wildman–Crippen MR) is 166 cm³/mol. The molecule has 1 N–H and O–H groups in total. The molecule has 1 atom stereocenters. The van der Waals surface area contributed by atoms with E-state index in [1.165, 1.54) is 34.3 Å². The van der Waals surface area contributed by atoms with Gasteiger partial charge in [-0.2, -0.15) is 18.2 Å². The summed E-state index contributed by atoms with van der Waals surface area (Å²) in [6, 6.07) is 12.1. The first-order valence-electron chi connectivity index (χ1n) is 15.0. The van der Waals surface area contributed by atoms with E-state index in [1.54, 1.807) is 6.07 Å². The number of rotatable bonds is 9. The summed E-state index contributed by atoms with van der Waals surface area (Å²) in [5.74, 6) is -0.733. The van der Waals surface area contributed by atoms with Crippen LogP contribution in [-0.4, -0.2) is 66.2 Å². The number of hydrogen-bond donors (Lipinski definition) is 1. The predicted octanol–water partition coefficient (Wildman–Crippen LogP) is 6.78. The third-order valence-electron chi connectivity index (χ3n) is 7.51. The molecule has 3 aromatic rings. The monoisotopic (exact) mass is 647 g/mol. The number of halogens is 3. The van der Waals surface area contributed by atoms with Crippen molar-refractivity contribution in [3.8, 4) is 17.1 Å². The van der Waals surface area contributed by atoms with Gasteiger partial charge < -0.3 is 4.74 Å². The van der Waals surface area contributed by atoms with Crippen LogP contribution in [0.1, 0.15) is 67.9 Å². The highest BCUT2D eigenvalue weighted by Crippen LogP contribution is 2.31. The van der Waals surface area contributed by atoms with Crippen LogP contribution in [0.5, 0.6) is 5.88 Å². The fourth-order valence-corrected chi connectivity index (χ4v) is 6.40. The van der Waals surface area contributed by atoms with Crippen LogP contribution < -0.4 is 9.46 Å². The lowest BCUT2D eigenvalue weighted by atomic mass is 10.00. The van der Waals surface area contributed by atoms with Crippen LogP contribution in [0.25, 0.3) is 11.3 Å². The van der Waals surface area contributed by atoms with E-state index in [-0.39, 0.29) is 41.4 Å². The van der Waals surface area contributed by atoms with E-state index in [2.05, 4.69) is 14.7 Å². The summed E-state index contributed by atoms with van der Waals surface area (Å²) in [5, 5.41) is 2.77. The van der Waals surface area contributed by atoms with Gasteiger partial charge in [-0.1, -0.05) is 51.5 Å². The van der Waals surface area contributed by atoms with E-state index >= 15 is 0 Å². The molecule has 45 heavy (non-hydrogen) atoms. The Bertz CT molecular complexity index is 1590. The second-order valence-corrected chi connectivity index (χ2v) is 13.4. The van der Waals surface area contributed by atoms with Crippen LogP contribution in [0.15, 0.2) is 53.4 Å². The second kappa shape index (κ2) is 14.2. The van der Waals surface area contributed by atoms with Crippen molar-refractivity contribution >= 4 is 21.9 Å². The Morgan fingerprint density at radius 3 is 2.40 bits per heavy atom. The van der Waals surface area contributed by atoms with Gasteiger partial charge in [0.1, 0.15) is 6.61 Å². The van der Waals surface area contributed by atoms with Gasteiger partial charge in [-0.05, 0) is 61.9 Å². The lowest BCUT2D eigenvalue weighted by Gasteiger charge is -2.41. The minimum Gasteiger partial charge on any atom is -0.475 e. The zero-order valence-corrected chi connectivity index (χ0v) is 27.0. The number of unbranched alkanes of at least 4 members (excludes halogenated alkanes) is 1. The molecule has 4 rings (SSSR count). The fourth-order valence-electron chi connectivity index (χ4n) is 5.41. The van der Waals surface area contributed by atoms with Gasteiger partial charge in [0.25, 0.3) is 15.9 Å². The molecule has 13 heteroatoms. The van der Waals surface area contributed by atoms with Gasteiger partial charge in [0.05, 0.1) is 23.1 Å². The van der Waals surface area contributed by atoms with Crippen LogP contribution in [0.3, 0.4) is 0 Å². The molecule has 0 spiro atoms. The third kappa shape index (κ3) is 8.72. The molecule has 0 saturated carbocycles. The Labute approximate surface area is 262 Å². The number of benzene rings is 2. The highest BCUT2D eigenvalue weighted by Gasteiger charge is 2.35. The highest BCUT2D eigenvalue weighted by atomic mass is 32.2. The number of aryl methyl sites for hydroxylation is 2. The average molecular weight is 648 g/mol. The lowest BCUT2D eigenvalue weighted by molar-refractivity contribution is -0.149. The molecular weight excluding hydrogens is 607 g/mol. The summed E-state index contributed by atoms with van der Waals surface area (Å²) in [6.45, 7) is 9.30. The molecule has 1 aliphatic rings. The van der Waals surface area contributed by atoms with Gasteiger partial charge in [0.2, 0.25) is 11.8 Å². The third-order valence-corrected chi connectivity index (χ3v) is 8.83. The van der Waals surface area contributed by atoms with Crippen molar-refractivity contribution < 1.29 is 31.1 Å². The van der Waals surface area contributed by atoms with Gasteiger partial charge in [-0.25, -0.2) is 23.1 Å². The van der Waals surface area contributed by atoms with E-state index in [0.717, 1.165) is 16.7 Å². The second-order valence-electron chi connectivity index (χ2n) is 11.7. The number of alkyl halides is 3. The molecule has 1 aliphatic heterocycles. The minimum absolute atomic E-state index is 0.0169. The Morgan fingerprint density at radius 1 is 1.07 bits per heavy atom. The maximum absolute atomic E-state index is 14.2. The molecule has 2 heterocycles. The molecular formula is C32H40F3N5O4S. The first kappa shape index (κ1) is 34.2. The van der Waals surface area contributed by atoms with Crippen molar-refractivity contribution in [2.75, 3.05) is 24.4 Å². The molecule has 244 valence electrons. The Balaban J connectivity index is 1.91. The van der Waals surface area contributed by atoms with Crippen molar-refractivity contribution in [2.45, 2.75) is 77.4 Å². The SMILES string of the molecule is CCCCN(CCC(F)(F)F)N1C(=O)c2cccc(c2)S(=O)(=O)Nc2nc(cc(-c3c(C)cccc3C)n2)OC[C@H]1CC(C)C. The van der Waals surface area contributed by atoms with Gasteiger partial charge in [0, 0.05) is 30.3 Å². The number of sulfonamides is 1. The number of amides is 1. The van der Waals surface area contributed by atoms with Gasteiger partial charge >= 0.3 is 6.18 Å². The number of nitrogens with one attached hydrogen (secondary N) is 1. The number of carbonyl (C=O) groups is 1.